The molecular formula is C15H19N3O4S2. The van der Waals surface area contributed by atoms with Crippen LogP contribution in [0.1, 0.15) is 19.8 Å². The minimum Gasteiger partial charge on any atom is -0.466 e. The van der Waals surface area contributed by atoms with E-state index < -0.39 is 10.0 Å². The number of aromatic nitrogens is 2. The molecule has 0 aromatic carbocycles. The average molecular weight is 369 g/mol. The molecule has 3 heterocycles. The normalized spacial score (nSPS) is 17.0. The van der Waals surface area contributed by atoms with Crippen molar-refractivity contribution in [1.82, 2.24) is 14.5 Å². The third kappa shape index (κ3) is 3.38. The lowest BCUT2D eigenvalue weighted by molar-refractivity contribution is -0.149. The molecule has 0 amide bonds. The highest BCUT2D eigenvalue weighted by Gasteiger charge is 2.33. The molecule has 130 valence electrons. The molecule has 1 aliphatic heterocycles. The largest absolute Gasteiger partial charge is 0.466 e. The number of piperidine rings is 1. The van der Waals surface area contributed by atoms with Gasteiger partial charge in [-0.15, -0.1) is 11.3 Å². The predicted molar refractivity (Wildman–Crippen MR) is 90.0 cm³/mol. The first-order valence-electron chi connectivity index (χ1n) is 7.78. The number of H-pyrrole nitrogens is 1. The zero-order valence-electron chi connectivity index (χ0n) is 13.3. The molecule has 0 aliphatic carbocycles. The van der Waals surface area contributed by atoms with Gasteiger partial charge in [0.1, 0.15) is 4.21 Å². The monoisotopic (exact) mass is 369 g/mol. The molecule has 0 spiro atoms. The van der Waals surface area contributed by atoms with Gasteiger partial charge in [0, 0.05) is 19.3 Å². The van der Waals surface area contributed by atoms with Gasteiger partial charge in [0.25, 0.3) is 10.0 Å². The van der Waals surface area contributed by atoms with E-state index in [-0.39, 0.29) is 11.9 Å². The lowest BCUT2D eigenvalue weighted by Gasteiger charge is -2.29. The molecule has 3 rings (SSSR count). The molecule has 1 fully saturated rings. The van der Waals surface area contributed by atoms with Gasteiger partial charge < -0.3 is 4.74 Å². The second-order valence-corrected chi connectivity index (χ2v) is 8.77. The maximum Gasteiger partial charge on any atom is 0.309 e. The molecule has 7 nitrogen and oxygen atoms in total. The van der Waals surface area contributed by atoms with Crippen LogP contribution in [0.25, 0.3) is 10.6 Å². The predicted octanol–water partition coefficient (Wildman–Crippen LogP) is 2.10. The van der Waals surface area contributed by atoms with Gasteiger partial charge in [-0.2, -0.15) is 9.40 Å². The maximum absolute atomic E-state index is 12.8. The molecule has 0 radical (unpaired) electrons. The number of nitrogens with zero attached hydrogens (tertiary/aromatic N) is 2. The minimum absolute atomic E-state index is 0.208. The van der Waals surface area contributed by atoms with Gasteiger partial charge in [-0.25, -0.2) is 8.42 Å². The summed E-state index contributed by atoms with van der Waals surface area (Å²) >= 11 is 1.21. The van der Waals surface area contributed by atoms with Crippen molar-refractivity contribution in [2.75, 3.05) is 19.7 Å². The first-order valence-corrected chi connectivity index (χ1v) is 10.0. The molecule has 0 saturated carbocycles. The van der Waals surface area contributed by atoms with Crippen LogP contribution in [-0.4, -0.2) is 48.6 Å². The van der Waals surface area contributed by atoms with Crippen molar-refractivity contribution in [3.63, 3.8) is 0 Å². The number of hydrogen-bond acceptors (Lipinski definition) is 6. The van der Waals surface area contributed by atoms with Gasteiger partial charge in [-0.1, -0.05) is 0 Å². The third-order valence-corrected chi connectivity index (χ3v) is 7.50. The van der Waals surface area contributed by atoms with Crippen LogP contribution in [0.5, 0.6) is 0 Å². The van der Waals surface area contributed by atoms with Crippen molar-refractivity contribution >= 4 is 27.3 Å². The molecule has 0 atom stereocenters. The average Bonchev–Trinajstić information content (AvgIpc) is 3.26. The van der Waals surface area contributed by atoms with Crippen molar-refractivity contribution in [1.29, 1.82) is 0 Å². The van der Waals surface area contributed by atoms with Crippen LogP contribution in [0.2, 0.25) is 0 Å². The zero-order chi connectivity index (χ0) is 17.2. The number of nitrogens with one attached hydrogen (secondary N) is 1. The molecule has 2 aromatic heterocycles. The summed E-state index contributed by atoms with van der Waals surface area (Å²) in [5.74, 6) is -0.438. The fraction of sp³-hybridized carbons (Fsp3) is 0.467. The highest BCUT2D eigenvalue weighted by atomic mass is 32.2. The number of hydrogen-bond donors (Lipinski definition) is 1. The van der Waals surface area contributed by atoms with E-state index in [1.54, 1.807) is 31.3 Å². The second-order valence-electron chi connectivity index (χ2n) is 5.52. The van der Waals surface area contributed by atoms with Crippen molar-refractivity contribution in [3.05, 3.63) is 24.4 Å². The summed E-state index contributed by atoms with van der Waals surface area (Å²) in [5, 5.41) is 6.71. The van der Waals surface area contributed by atoms with Crippen LogP contribution in [0.3, 0.4) is 0 Å². The van der Waals surface area contributed by atoms with Crippen molar-refractivity contribution in [2.45, 2.75) is 24.0 Å². The molecule has 9 heteroatoms. The topological polar surface area (TPSA) is 92.4 Å². The lowest BCUT2D eigenvalue weighted by Crippen LogP contribution is -2.40. The Balaban J connectivity index is 1.70. The van der Waals surface area contributed by atoms with Crippen LogP contribution in [0.15, 0.2) is 28.6 Å². The Morgan fingerprint density at radius 2 is 2.12 bits per heavy atom. The molecule has 0 bridgehead atoms. The molecule has 0 unspecified atom stereocenters. The molecule has 1 N–H and O–H groups in total. The molecule has 1 aliphatic rings. The van der Waals surface area contributed by atoms with Gasteiger partial charge >= 0.3 is 5.97 Å². The first kappa shape index (κ1) is 17.1. The summed E-state index contributed by atoms with van der Waals surface area (Å²) in [6.07, 6.45) is 2.62. The number of aromatic amines is 1. The highest BCUT2D eigenvalue weighted by molar-refractivity contribution is 7.91. The third-order valence-electron chi connectivity index (χ3n) is 4.02. The number of thiophene rings is 1. The van der Waals surface area contributed by atoms with Crippen LogP contribution in [0.4, 0.5) is 0 Å². The van der Waals surface area contributed by atoms with E-state index in [9.17, 15) is 13.2 Å². The number of esters is 1. The Kier molecular flexibility index (Phi) is 5.02. The van der Waals surface area contributed by atoms with Gasteiger partial charge in [-0.3, -0.25) is 9.89 Å². The summed E-state index contributed by atoms with van der Waals surface area (Å²) in [7, 11) is -3.53. The maximum atomic E-state index is 12.8. The van der Waals surface area contributed by atoms with Crippen molar-refractivity contribution < 1.29 is 17.9 Å². The number of carbonyl (C=O) groups is 1. The SMILES string of the molecule is CCOC(=O)C1CCN(S(=O)(=O)c2ccc(-c3ccn[nH]3)s2)CC1. The minimum atomic E-state index is -3.53. The molecule has 2 aromatic rings. The summed E-state index contributed by atoms with van der Waals surface area (Å²) < 4.78 is 32.3. The highest BCUT2D eigenvalue weighted by Crippen LogP contribution is 2.32. The van der Waals surface area contributed by atoms with Crippen LogP contribution in [0, 0.1) is 5.92 Å². The summed E-state index contributed by atoms with van der Waals surface area (Å²) in [5.41, 5.74) is 0.794. The van der Waals surface area contributed by atoms with Gasteiger partial charge in [0.2, 0.25) is 0 Å². The zero-order valence-corrected chi connectivity index (χ0v) is 14.9. The van der Waals surface area contributed by atoms with Gasteiger partial charge in [0.05, 0.1) is 23.1 Å². The quantitative estimate of drug-likeness (QED) is 0.815. The standard InChI is InChI=1S/C15H19N3O4S2/c1-2-22-15(19)11-6-9-18(10-7-11)24(20,21)14-4-3-13(23-14)12-5-8-16-17-12/h3-5,8,11H,2,6-7,9-10H2,1H3,(H,16,17). The van der Waals surface area contributed by atoms with Gasteiger partial charge in [0.15, 0.2) is 0 Å². The second kappa shape index (κ2) is 7.04. The Bertz CT molecular complexity index is 791. The molecule has 1 saturated heterocycles. The lowest BCUT2D eigenvalue weighted by atomic mass is 9.98. The van der Waals surface area contributed by atoms with Crippen LogP contribution in [-0.2, 0) is 19.6 Å². The Morgan fingerprint density at radius 3 is 2.75 bits per heavy atom. The fourth-order valence-electron chi connectivity index (χ4n) is 2.72. The number of rotatable bonds is 5. The Labute approximate surface area is 144 Å². The number of sulfonamides is 1. The fourth-order valence-corrected chi connectivity index (χ4v) is 5.62. The summed E-state index contributed by atoms with van der Waals surface area (Å²) in [4.78, 5) is 12.6. The van der Waals surface area contributed by atoms with E-state index in [0.29, 0.717) is 36.7 Å². The summed E-state index contributed by atoms with van der Waals surface area (Å²) in [6, 6.07) is 5.19. The smallest absolute Gasteiger partial charge is 0.309 e. The first-order chi connectivity index (χ1) is 11.5. The van der Waals surface area contributed by atoms with E-state index in [4.69, 9.17) is 4.74 Å². The molecule has 24 heavy (non-hydrogen) atoms. The van der Waals surface area contributed by atoms with Crippen molar-refractivity contribution in [3.8, 4) is 10.6 Å². The van der Waals surface area contributed by atoms with Crippen molar-refractivity contribution in [2.24, 2.45) is 5.92 Å². The van der Waals surface area contributed by atoms with Crippen LogP contribution >= 0.6 is 11.3 Å². The van der Waals surface area contributed by atoms with E-state index in [1.165, 1.54) is 15.6 Å². The number of carbonyl (C=O) groups excluding carboxylic acids is 1. The van der Waals surface area contributed by atoms with E-state index in [0.717, 1.165) is 10.6 Å². The Hall–Kier alpha value is -1.71. The van der Waals surface area contributed by atoms with Gasteiger partial charge in [-0.05, 0) is 38.0 Å². The Morgan fingerprint density at radius 1 is 1.38 bits per heavy atom. The van der Waals surface area contributed by atoms with E-state index >= 15 is 0 Å². The van der Waals surface area contributed by atoms with E-state index in [2.05, 4.69) is 10.2 Å². The van der Waals surface area contributed by atoms with E-state index in [1.807, 2.05) is 0 Å². The molecular weight excluding hydrogens is 350 g/mol. The summed E-state index contributed by atoms with van der Waals surface area (Å²) in [6.45, 7) is 2.79. The van der Waals surface area contributed by atoms with Crippen LogP contribution < -0.4 is 0 Å². The number of ether oxygens (including phenoxy) is 1.